The van der Waals surface area contributed by atoms with Crippen molar-refractivity contribution in [3.05, 3.63) is 35.9 Å². The van der Waals surface area contributed by atoms with Crippen LogP contribution in [-0.4, -0.2) is 53.1 Å². The normalized spacial score (nSPS) is 22.6. The third kappa shape index (κ3) is 3.02. The van der Waals surface area contributed by atoms with E-state index >= 15 is 0 Å². The quantitative estimate of drug-likeness (QED) is 0.907. The smallest absolute Gasteiger partial charge is 0.309 e. The fraction of sp³-hybridized carbons (Fsp3) is 0.562. The molecule has 4 heteroatoms. The Kier molecular flexibility index (Phi) is 4.03. The summed E-state index contributed by atoms with van der Waals surface area (Å²) in [7, 11) is 0. The van der Waals surface area contributed by atoms with Crippen LogP contribution in [0.5, 0.6) is 0 Å². The van der Waals surface area contributed by atoms with Gasteiger partial charge in [-0.25, -0.2) is 0 Å². The molecule has 2 fully saturated rings. The maximum Gasteiger partial charge on any atom is 0.309 e. The Balaban J connectivity index is 1.43. The second-order valence-corrected chi connectivity index (χ2v) is 5.98. The molecule has 2 saturated heterocycles. The van der Waals surface area contributed by atoms with Gasteiger partial charge in [-0.05, 0) is 31.5 Å². The zero-order valence-electron chi connectivity index (χ0n) is 11.7. The molecule has 20 heavy (non-hydrogen) atoms. The lowest BCUT2D eigenvalue weighted by molar-refractivity contribution is -0.149. The largest absolute Gasteiger partial charge is 0.481 e. The Morgan fingerprint density at radius 2 is 1.80 bits per heavy atom. The minimum Gasteiger partial charge on any atom is -0.481 e. The van der Waals surface area contributed by atoms with Crippen molar-refractivity contribution in [2.24, 2.45) is 5.92 Å². The number of benzene rings is 1. The summed E-state index contributed by atoms with van der Waals surface area (Å²) < 4.78 is 0. The molecular weight excluding hydrogens is 252 g/mol. The molecule has 2 heterocycles. The maximum absolute atomic E-state index is 10.8. The first-order chi connectivity index (χ1) is 9.72. The van der Waals surface area contributed by atoms with Crippen LogP contribution in [0.15, 0.2) is 30.3 Å². The van der Waals surface area contributed by atoms with Gasteiger partial charge in [0, 0.05) is 25.7 Å². The van der Waals surface area contributed by atoms with Crippen molar-refractivity contribution in [1.82, 2.24) is 9.80 Å². The molecule has 0 amide bonds. The van der Waals surface area contributed by atoms with Crippen molar-refractivity contribution in [1.29, 1.82) is 0 Å². The van der Waals surface area contributed by atoms with Crippen LogP contribution in [0.2, 0.25) is 0 Å². The number of aliphatic carboxylic acids is 1. The monoisotopic (exact) mass is 274 g/mol. The van der Waals surface area contributed by atoms with E-state index in [1.54, 1.807) is 0 Å². The van der Waals surface area contributed by atoms with E-state index in [1.807, 2.05) is 0 Å². The number of carboxylic acids is 1. The second-order valence-electron chi connectivity index (χ2n) is 5.98. The summed E-state index contributed by atoms with van der Waals surface area (Å²) in [4.78, 5) is 15.7. The Hall–Kier alpha value is -1.39. The molecule has 0 aromatic heterocycles. The van der Waals surface area contributed by atoms with Crippen molar-refractivity contribution in [2.75, 3.05) is 26.2 Å². The lowest BCUT2D eigenvalue weighted by Gasteiger charge is -2.45. The molecule has 1 aromatic carbocycles. The highest BCUT2D eigenvalue weighted by Gasteiger charge is 2.37. The Morgan fingerprint density at radius 1 is 1.15 bits per heavy atom. The number of nitrogens with zero attached hydrogens (tertiary/aromatic N) is 2. The maximum atomic E-state index is 10.8. The molecule has 0 unspecified atom stereocenters. The molecule has 4 nitrogen and oxygen atoms in total. The van der Waals surface area contributed by atoms with Crippen molar-refractivity contribution in [2.45, 2.75) is 25.4 Å². The first-order valence-corrected chi connectivity index (χ1v) is 7.45. The highest BCUT2D eigenvalue weighted by Crippen LogP contribution is 2.25. The molecule has 0 radical (unpaired) electrons. The van der Waals surface area contributed by atoms with E-state index in [1.165, 1.54) is 18.4 Å². The molecule has 108 valence electrons. The molecule has 0 spiro atoms. The van der Waals surface area contributed by atoms with Crippen LogP contribution in [0.3, 0.4) is 0 Å². The van der Waals surface area contributed by atoms with Gasteiger partial charge in [-0.2, -0.15) is 0 Å². The topological polar surface area (TPSA) is 43.8 Å². The number of rotatable bonds is 4. The molecule has 2 aliphatic rings. The summed E-state index contributed by atoms with van der Waals surface area (Å²) in [6, 6.07) is 11.2. The van der Waals surface area contributed by atoms with E-state index in [2.05, 4.69) is 40.1 Å². The summed E-state index contributed by atoms with van der Waals surface area (Å²) in [5, 5.41) is 8.92. The van der Waals surface area contributed by atoms with E-state index < -0.39 is 5.97 Å². The molecule has 2 aliphatic heterocycles. The summed E-state index contributed by atoms with van der Waals surface area (Å²) in [6.07, 6.45) is 2.33. The molecule has 1 N–H and O–H groups in total. The van der Waals surface area contributed by atoms with Crippen LogP contribution in [0.25, 0.3) is 0 Å². The van der Waals surface area contributed by atoms with Crippen LogP contribution < -0.4 is 0 Å². The first kappa shape index (κ1) is 13.6. The second kappa shape index (κ2) is 5.94. The number of piperidine rings is 1. The van der Waals surface area contributed by atoms with Crippen molar-refractivity contribution in [3.63, 3.8) is 0 Å². The molecule has 3 rings (SSSR count). The van der Waals surface area contributed by atoms with Gasteiger partial charge in [-0.1, -0.05) is 30.3 Å². The first-order valence-electron chi connectivity index (χ1n) is 7.45. The molecule has 0 saturated carbocycles. The van der Waals surface area contributed by atoms with Gasteiger partial charge in [0.05, 0.1) is 5.92 Å². The molecule has 0 bridgehead atoms. The summed E-state index contributed by atoms with van der Waals surface area (Å²) >= 11 is 0. The van der Waals surface area contributed by atoms with Crippen LogP contribution in [-0.2, 0) is 11.3 Å². The third-order valence-corrected chi connectivity index (χ3v) is 4.58. The fourth-order valence-electron chi connectivity index (χ4n) is 3.25. The molecule has 1 aromatic rings. The van der Waals surface area contributed by atoms with Gasteiger partial charge in [0.1, 0.15) is 0 Å². The lowest BCUT2D eigenvalue weighted by Crippen LogP contribution is -2.57. The van der Waals surface area contributed by atoms with E-state index in [9.17, 15) is 4.79 Å². The number of hydrogen-bond donors (Lipinski definition) is 1. The summed E-state index contributed by atoms with van der Waals surface area (Å²) in [5.41, 5.74) is 1.38. The van der Waals surface area contributed by atoms with Crippen LogP contribution in [0, 0.1) is 5.92 Å². The van der Waals surface area contributed by atoms with Gasteiger partial charge in [0.15, 0.2) is 0 Å². The van der Waals surface area contributed by atoms with Gasteiger partial charge >= 0.3 is 5.97 Å². The number of carboxylic acid groups (broad SMARTS) is 1. The minimum absolute atomic E-state index is 0.127. The minimum atomic E-state index is -0.636. The fourth-order valence-corrected chi connectivity index (χ4v) is 3.25. The van der Waals surface area contributed by atoms with Crippen molar-refractivity contribution in [3.8, 4) is 0 Å². The summed E-state index contributed by atoms with van der Waals surface area (Å²) in [6.45, 7) is 4.77. The number of hydrogen-bond acceptors (Lipinski definition) is 3. The SMILES string of the molecule is O=C(O)C1CN(C2CCN(Cc3ccccc3)CC2)C1. The van der Waals surface area contributed by atoms with Gasteiger partial charge in [0.2, 0.25) is 0 Å². The zero-order valence-corrected chi connectivity index (χ0v) is 11.7. The van der Waals surface area contributed by atoms with Gasteiger partial charge < -0.3 is 5.11 Å². The average Bonchev–Trinajstić information content (AvgIpc) is 2.40. The Bertz CT molecular complexity index is 449. The Labute approximate surface area is 120 Å². The lowest BCUT2D eigenvalue weighted by atomic mass is 9.93. The number of carbonyl (C=O) groups is 1. The predicted molar refractivity (Wildman–Crippen MR) is 77.4 cm³/mol. The van der Waals surface area contributed by atoms with Crippen molar-refractivity contribution >= 4 is 5.97 Å². The van der Waals surface area contributed by atoms with E-state index in [4.69, 9.17) is 5.11 Å². The average molecular weight is 274 g/mol. The highest BCUT2D eigenvalue weighted by atomic mass is 16.4. The van der Waals surface area contributed by atoms with Crippen molar-refractivity contribution < 1.29 is 9.90 Å². The van der Waals surface area contributed by atoms with Gasteiger partial charge in [-0.15, -0.1) is 0 Å². The van der Waals surface area contributed by atoms with Crippen LogP contribution in [0.1, 0.15) is 18.4 Å². The Morgan fingerprint density at radius 3 is 2.40 bits per heavy atom. The molecule has 0 atom stereocenters. The van der Waals surface area contributed by atoms with Crippen LogP contribution in [0.4, 0.5) is 0 Å². The standard InChI is InChI=1S/C16H22N2O2/c19-16(20)14-11-18(12-14)15-6-8-17(9-7-15)10-13-4-2-1-3-5-13/h1-5,14-15H,6-12H2,(H,19,20). The van der Waals surface area contributed by atoms with Gasteiger partial charge in [-0.3, -0.25) is 14.6 Å². The van der Waals surface area contributed by atoms with Gasteiger partial charge in [0.25, 0.3) is 0 Å². The zero-order chi connectivity index (χ0) is 13.9. The third-order valence-electron chi connectivity index (χ3n) is 4.58. The molecule has 0 aliphatic carbocycles. The van der Waals surface area contributed by atoms with E-state index in [0.29, 0.717) is 6.04 Å². The predicted octanol–water partition coefficient (Wildman–Crippen LogP) is 1.67. The van der Waals surface area contributed by atoms with Crippen LogP contribution >= 0.6 is 0 Å². The van der Waals surface area contributed by atoms with E-state index in [-0.39, 0.29) is 5.92 Å². The van der Waals surface area contributed by atoms with E-state index in [0.717, 1.165) is 32.7 Å². The highest BCUT2D eigenvalue weighted by molar-refractivity contribution is 5.71. The summed E-state index contributed by atoms with van der Waals surface area (Å²) in [5.74, 6) is -0.764. The number of likely N-dealkylation sites (tertiary alicyclic amines) is 2. The molecular formula is C16H22N2O2.